The Hall–Kier alpha value is -3.23. The maximum atomic E-state index is 12.8. The minimum Gasteiger partial charge on any atom is -0.493 e. The van der Waals surface area contributed by atoms with Crippen molar-refractivity contribution >= 4 is 17.4 Å². The molecule has 142 valence electrons. The number of allylic oxidation sites excluding steroid dienone is 1. The van der Waals surface area contributed by atoms with E-state index in [4.69, 9.17) is 18.8 Å². The third-order valence-corrected chi connectivity index (χ3v) is 4.80. The molecule has 2 N–H and O–H groups in total. The van der Waals surface area contributed by atoms with Gasteiger partial charge in [-0.15, -0.1) is 0 Å². The number of aromatic nitrogens is 2. The van der Waals surface area contributed by atoms with Crippen LogP contribution in [0.1, 0.15) is 30.9 Å². The normalized spacial score (nSPS) is 18.6. The number of benzene rings is 1. The highest BCUT2D eigenvalue weighted by atomic mass is 16.6. The zero-order chi connectivity index (χ0) is 19.0. The first-order valence-corrected chi connectivity index (χ1v) is 8.58. The number of hydrogen-bond donors (Lipinski definition) is 2. The second-order valence-electron chi connectivity index (χ2n) is 6.29. The molecule has 9 nitrogen and oxygen atoms in total. The first-order valence-electron chi connectivity index (χ1n) is 8.58. The van der Waals surface area contributed by atoms with E-state index >= 15 is 0 Å². The molecule has 2 heterocycles. The second kappa shape index (κ2) is 6.82. The SMILES string of the molecule is COc1cc([C@@H]2Nc3nonc3NC3=C2C(=O)CCC3)cc(OC)c1OC. The summed E-state index contributed by atoms with van der Waals surface area (Å²) >= 11 is 0. The first kappa shape index (κ1) is 17.2. The van der Waals surface area contributed by atoms with Crippen molar-refractivity contribution in [3.8, 4) is 17.2 Å². The monoisotopic (exact) mass is 372 g/mol. The van der Waals surface area contributed by atoms with Crippen molar-refractivity contribution in [1.29, 1.82) is 0 Å². The number of rotatable bonds is 4. The molecule has 1 atom stereocenters. The van der Waals surface area contributed by atoms with Gasteiger partial charge in [0.15, 0.2) is 17.3 Å². The molecule has 1 aliphatic carbocycles. The van der Waals surface area contributed by atoms with Gasteiger partial charge in [-0.05, 0) is 40.9 Å². The van der Waals surface area contributed by atoms with Crippen LogP contribution >= 0.6 is 0 Å². The molecule has 0 bridgehead atoms. The summed E-state index contributed by atoms with van der Waals surface area (Å²) in [5.41, 5.74) is 2.27. The lowest BCUT2D eigenvalue weighted by Gasteiger charge is -2.26. The standard InChI is InChI=1S/C18H20N4O5/c1-24-12-7-9(8-13(25-2)16(12)26-3)15-14-10(5-4-6-11(14)23)19-17-18(20-15)22-27-21-17/h7-8,15H,4-6H2,1-3H3,(H,19,21)(H,20,22)/t15-/m0/s1. The van der Waals surface area contributed by atoms with E-state index < -0.39 is 6.04 Å². The smallest absolute Gasteiger partial charge is 0.219 e. The van der Waals surface area contributed by atoms with Gasteiger partial charge in [0.05, 0.1) is 27.4 Å². The molecule has 0 unspecified atom stereocenters. The predicted octanol–water partition coefficient (Wildman–Crippen LogP) is 2.68. The van der Waals surface area contributed by atoms with E-state index in [1.807, 2.05) is 12.1 Å². The number of anilines is 2. The average molecular weight is 372 g/mol. The third kappa shape index (κ3) is 2.84. The van der Waals surface area contributed by atoms with Crippen LogP contribution in [-0.4, -0.2) is 37.4 Å². The molecule has 0 radical (unpaired) electrons. The Balaban J connectivity index is 1.89. The molecule has 9 heteroatoms. The molecular weight excluding hydrogens is 352 g/mol. The van der Waals surface area contributed by atoms with Gasteiger partial charge < -0.3 is 24.8 Å². The quantitative estimate of drug-likeness (QED) is 0.837. The molecule has 4 rings (SSSR count). The fraction of sp³-hybridized carbons (Fsp3) is 0.389. The summed E-state index contributed by atoms with van der Waals surface area (Å²) < 4.78 is 21.2. The van der Waals surface area contributed by atoms with Gasteiger partial charge in [-0.25, -0.2) is 4.63 Å². The lowest BCUT2D eigenvalue weighted by molar-refractivity contribution is -0.116. The summed E-state index contributed by atoms with van der Waals surface area (Å²) in [6, 6.07) is 3.19. The van der Waals surface area contributed by atoms with Crippen molar-refractivity contribution < 1.29 is 23.6 Å². The molecule has 1 aromatic carbocycles. The minimum absolute atomic E-state index is 0.0806. The molecule has 1 aliphatic heterocycles. The first-order chi connectivity index (χ1) is 13.2. The van der Waals surface area contributed by atoms with Gasteiger partial charge in [-0.1, -0.05) is 0 Å². The van der Waals surface area contributed by atoms with Crippen molar-refractivity contribution in [1.82, 2.24) is 10.3 Å². The van der Waals surface area contributed by atoms with Crippen LogP contribution in [0, 0.1) is 0 Å². The number of hydrogen-bond acceptors (Lipinski definition) is 9. The molecule has 27 heavy (non-hydrogen) atoms. The molecule has 0 saturated carbocycles. The van der Waals surface area contributed by atoms with Crippen LogP contribution in [0.3, 0.4) is 0 Å². The molecule has 0 fully saturated rings. The highest BCUT2D eigenvalue weighted by Crippen LogP contribution is 2.44. The topological polar surface area (TPSA) is 108 Å². The minimum atomic E-state index is -0.456. The summed E-state index contributed by atoms with van der Waals surface area (Å²) in [7, 11) is 4.66. The lowest BCUT2D eigenvalue weighted by Crippen LogP contribution is -2.24. The summed E-state index contributed by atoms with van der Waals surface area (Å²) in [5.74, 6) is 2.49. The Morgan fingerprint density at radius 3 is 2.41 bits per heavy atom. The number of Topliss-reactive ketones (excluding diaryl/α,β-unsaturated/α-hetero) is 1. The zero-order valence-electron chi connectivity index (χ0n) is 15.3. The van der Waals surface area contributed by atoms with E-state index in [-0.39, 0.29) is 5.78 Å². The second-order valence-corrected chi connectivity index (χ2v) is 6.29. The van der Waals surface area contributed by atoms with E-state index in [9.17, 15) is 4.79 Å². The van der Waals surface area contributed by atoms with Gasteiger partial charge >= 0.3 is 0 Å². The summed E-state index contributed by atoms with van der Waals surface area (Å²) in [4.78, 5) is 12.8. The summed E-state index contributed by atoms with van der Waals surface area (Å²) in [6.07, 6.45) is 2.03. The molecular formula is C18H20N4O5. The van der Waals surface area contributed by atoms with Crippen LogP contribution in [-0.2, 0) is 4.79 Å². The molecule has 2 aromatic rings. The van der Waals surface area contributed by atoms with E-state index in [0.717, 1.165) is 24.1 Å². The van der Waals surface area contributed by atoms with E-state index in [2.05, 4.69) is 20.9 Å². The predicted molar refractivity (Wildman–Crippen MR) is 96.3 cm³/mol. The molecule has 2 aliphatic rings. The van der Waals surface area contributed by atoms with Gasteiger partial charge in [0, 0.05) is 17.7 Å². The number of carbonyl (C=O) groups is 1. The highest BCUT2D eigenvalue weighted by Gasteiger charge is 2.34. The molecule has 0 amide bonds. The van der Waals surface area contributed by atoms with Crippen LogP contribution in [0.5, 0.6) is 17.2 Å². The molecule has 0 saturated heterocycles. The van der Waals surface area contributed by atoms with Crippen LogP contribution in [0.2, 0.25) is 0 Å². The van der Waals surface area contributed by atoms with E-state index in [1.54, 1.807) is 21.3 Å². The summed E-state index contributed by atoms with van der Waals surface area (Å²) in [6.45, 7) is 0. The number of fused-ring (bicyclic) bond motifs is 1. The van der Waals surface area contributed by atoms with Crippen LogP contribution in [0.4, 0.5) is 11.6 Å². The number of ketones is 1. The summed E-state index contributed by atoms with van der Waals surface area (Å²) in [5, 5.41) is 14.2. The average Bonchev–Trinajstić information content (AvgIpc) is 3.05. The van der Waals surface area contributed by atoms with Crippen LogP contribution < -0.4 is 24.8 Å². The number of nitrogens with one attached hydrogen (secondary N) is 2. The fourth-order valence-corrected chi connectivity index (χ4v) is 3.56. The maximum Gasteiger partial charge on any atom is 0.219 e. The van der Waals surface area contributed by atoms with Crippen molar-refractivity contribution in [3.05, 3.63) is 29.0 Å². The molecule has 1 aromatic heterocycles. The van der Waals surface area contributed by atoms with Gasteiger partial charge in [0.25, 0.3) is 0 Å². The fourth-order valence-electron chi connectivity index (χ4n) is 3.56. The van der Waals surface area contributed by atoms with Gasteiger partial charge in [0.2, 0.25) is 17.4 Å². The van der Waals surface area contributed by atoms with Gasteiger partial charge in [-0.3, -0.25) is 4.79 Å². The number of ether oxygens (including phenoxy) is 3. The van der Waals surface area contributed by atoms with E-state index in [1.165, 1.54) is 0 Å². The number of carbonyl (C=O) groups excluding carboxylic acids is 1. The van der Waals surface area contributed by atoms with Crippen molar-refractivity contribution in [2.75, 3.05) is 32.0 Å². The van der Waals surface area contributed by atoms with Gasteiger partial charge in [0.1, 0.15) is 0 Å². The Bertz CT molecular complexity index is 895. The third-order valence-electron chi connectivity index (χ3n) is 4.80. The number of methoxy groups -OCH3 is 3. The zero-order valence-corrected chi connectivity index (χ0v) is 15.3. The van der Waals surface area contributed by atoms with Crippen molar-refractivity contribution in [2.45, 2.75) is 25.3 Å². The molecule has 0 spiro atoms. The van der Waals surface area contributed by atoms with Crippen molar-refractivity contribution in [2.24, 2.45) is 0 Å². The Labute approximate surface area is 155 Å². The van der Waals surface area contributed by atoms with Crippen LogP contribution in [0.15, 0.2) is 28.0 Å². The number of nitrogens with zero attached hydrogens (tertiary/aromatic N) is 2. The van der Waals surface area contributed by atoms with Gasteiger partial charge in [-0.2, -0.15) is 0 Å². The lowest BCUT2D eigenvalue weighted by atomic mass is 9.86. The highest BCUT2D eigenvalue weighted by molar-refractivity contribution is 6.00. The van der Waals surface area contributed by atoms with Crippen LogP contribution in [0.25, 0.3) is 0 Å². The Kier molecular flexibility index (Phi) is 4.35. The Morgan fingerprint density at radius 1 is 1.04 bits per heavy atom. The maximum absolute atomic E-state index is 12.8. The van der Waals surface area contributed by atoms with E-state index in [0.29, 0.717) is 40.9 Å². The van der Waals surface area contributed by atoms with Crippen molar-refractivity contribution in [3.63, 3.8) is 0 Å². The Morgan fingerprint density at radius 2 is 1.74 bits per heavy atom. The largest absolute Gasteiger partial charge is 0.493 e.